The van der Waals surface area contributed by atoms with Gasteiger partial charge in [0.1, 0.15) is 0 Å². The fraction of sp³-hybridized carbons (Fsp3) is 0.786. The van der Waals surface area contributed by atoms with Crippen molar-refractivity contribution in [3.05, 3.63) is 17.5 Å². The molecule has 0 amide bonds. The second-order valence-corrected chi connectivity index (χ2v) is 7.87. The Morgan fingerprint density at radius 2 is 2.30 bits per heavy atom. The van der Waals surface area contributed by atoms with Crippen LogP contribution < -0.4 is 10.5 Å². The van der Waals surface area contributed by atoms with Crippen LogP contribution in [0.3, 0.4) is 0 Å². The van der Waals surface area contributed by atoms with E-state index in [1.54, 1.807) is 0 Å². The lowest BCUT2D eigenvalue weighted by Gasteiger charge is -2.39. The molecule has 1 aromatic heterocycles. The van der Waals surface area contributed by atoms with Gasteiger partial charge in [0.05, 0.1) is 16.7 Å². The Hall–Kier alpha value is -0.720. The first-order valence-corrected chi connectivity index (χ1v) is 8.69. The molecule has 6 heteroatoms. The van der Waals surface area contributed by atoms with E-state index in [9.17, 15) is 4.21 Å². The maximum absolute atomic E-state index is 11.6. The molecule has 3 atom stereocenters. The number of rotatable bonds is 3. The Bertz CT molecular complexity index is 521. The molecule has 5 nitrogen and oxygen atoms in total. The van der Waals surface area contributed by atoms with Gasteiger partial charge in [-0.3, -0.25) is 9.82 Å². The van der Waals surface area contributed by atoms with Gasteiger partial charge in [-0.15, -0.1) is 0 Å². The number of aryl methyl sites for hydroxylation is 1. The number of hydrogen-bond acceptors (Lipinski definition) is 3. The smallest absolute Gasteiger partial charge is 0.0917 e. The van der Waals surface area contributed by atoms with Crippen molar-refractivity contribution in [3.63, 3.8) is 0 Å². The van der Waals surface area contributed by atoms with Crippen LogP contribution >= 0.6 is 0 Å². The third-order valence-corrected chi connectivity index (χ3v) is 6.04. The van der Waals surface area contributed by atoms with Gasteiger partial charge in [0, 0.05) is 28.8 Å². The Labute approximate surface area is 122 Å². The monoisotopic (exact) mass is 296 g/mol. The van der Waals surface area contributed by atoms with E-state index < -0.39 is 11.0 Å². The van der Waals surface area contributed by atoms with E-state index in [0.29, 0.717) is 5.92 Å². The highest BCUT2D eigenvalue weighted by molar-refractivity contribution is 7.83. The SMILES string of the molecule is Cc1cc2n(n1)CC1(CCNCC1)[C@@H]2CC(C)S(N)=O. The summed E-state index contributed by atoms with van der Waals surface area (Å²) in [4.78, 5) is 0. The Kier molecular flexibility index (Phi) is 3.73. The van der Waals surface area contributed by atoms with Crippen LogP contribution in [0.25, 0.3) is 0 Å². The lowest BCUT2D eigenvalue weighted by molar-refractivity contribution is 0.150. The zero-order valence-electron chi connectivity index (χ0n) is 12.3. The molecule has 1 fully saturated rings. The fourth-order valence-electron chi connectivity index (χ4n) is 3.92. The molecular weight excluding hydrogens is 272 g/mol. The van der Waals surface area contributed by atoms with Crippen molar-refractivity contribution in [2.24, 2.45) is 10.6 Å². The molecule has 2 aliphatic heterocycles. The van der Waals surface area contributed by atoms with Crippen LogP contribution in [-0.2, 0) is 17.5 Å². The molecule has 0 aromatic carbocycles. The third-order valence-electron chi connectivity index (χ3n) is 5.06. The van der Waals surface area contributed by atoms with Crippen molar-refractivity contribution in [2.45, 2.75) is 50.8 Å². The first-order chi connectivity index (χ1) is 9.52. The molecule has 20 heavy (non-hydrogen) atoms. The van der Waals surface area contributed by atoms with Crippen molar-refractivity contribution in [1.29, 1.82) is 0 Å². The number of fused-ring (bicyclic) bond motifs is 1. The van der Waals surface area contributed by atoms with Crippen LogP contribution in [0.15, 0.2) is 6.07 Å². The van der Waals surface area contributed by atoms with E-state index in [1.807, 2.05) is 13.8 Å². The zero-order chi connectivity index (χ0) is 14.3. The molecular formula is C14H24N4OS. The van der Waals surface area contributed by atoms with Crippen LogP contribution in [0, 0.1) is 12.3 Å². The summed E-state index contributed by atoms with van der Waals surface area (Å²) in [5, 5.41) is 13.7. The van der Waals surface area contributed by atoms with Gasteiger partial charge in [-0.25, -0.2) is 4.21 Å². The molecule has 1 aromatic rings. The number of aromatic nitrogens is 2. The van der Waals surface area contributed by atoms with Crippen LogP contribution in [0.5, 0.6) is 0 Å². The largest absolute Gasteiger partial charge is 0.317 e. The van der Waals surface area contributed by atoms with Gasteiger partial charge in [-0.05, 0) is 52.3 Å². The molecule has 1 saturated heterocycles. The molecule has 1 spiro atoms. The Balaban J connectivity index is 1.92. The number of nitrogens with zero attached hydrogens (tertiary/aromatic N) is 2. The van der Waals surface area contributed by atoms with E-state index in [4.69, 9.17) is 5.14 Å². The summed E-state index contributed by atoms with van der Waals surface area (Å²) in [5.41, 5.74) is 2.69. The Morgan fingerprint density at radius 1 is 1.60 bits per heavy atom. The highest BCUT2D eigenvalue weighted by Crippen LogP contribution is 2.51. The summed E-state index contributed by atoms with van der Waals surface area (Å²) in [6, 6.07) is 2.20. The number of nitrogens with two attached hydrogens (primary N) is 1. The number of piperidine rings is 1. The van der Waals surface area contributed by atoms with Gasteiger partial charge in [0.15, 0.2) is 0 Å². The van der Waals surface area contributed by atoms with E-state index >= 15 is 0 Å². The average Bonchev–Trinajstić information content (AvgIpc) is 2.87. The standard InChI is InChI=1S/C14H24N4OS/c1-10-7-13-12(8-11(2)20(15)19)14(9-18(13)17-10)3-5-16-6-4-14/h7,11-12,16H,3-6,8-9,15H2,1-2H3/t11?,12-,20?/m1/s1. The quantitative estimate of drug-likeness (QED) is 0.876. The van der Waals surface area contributed by atoms with E-state index in [0.717, 1.165) is 31.7 Å². The van der Waals surface area contributed by atoms with Crippen LogP contribution in [-0.4, -0.2) is 32.3 Å². The minimum absolute atomic E-state index is 0.0357. The summed E-state index contributed by atoms with van der Waals surface area (Å²) in [6.45, 7) is 7.19. The minimum Gasteiger partial charge on any atom is -0.317 e. The molecule has 112 valence electrons. The van der Waals surface area contributed by atoms with Gasteiger partial charge >= 0.3 is 0 Å². The van der Waals surface area contributed by atoms with Gasteiger partial charge in [-0.2, -0.15) is 5.10 Å². The van der Waals surface area contributed by atoms with E-state index in [-0.39, 0.29) is 10.7 Å². The summed E-state index contributed by atoms with van der Waals surface area (Å²) >= 11 is 0. The highest BCUT2D eigenvalue weighted by atomic mass is 32.2. The van der Waals surface area contributed by atoms with E-state index in [2.05, 4.69) is 21.2 Å². The average molecular weight is 296 g/mol. The second kappa shape index (κ2) is 5.24. The van der Waals surface area contributed by atoms with Crippen molar-refractivity contribution in [1.82, 2.24) is 15.1 Å². The second-order valence-electron chi connectivity index (χ2n) is 6.41. The molecule has 2 aliphatic rings. The Morgan fingerprint density at radius 3 is 2.95 bits per heavy atom. The van der Waals surface area contributed by atoms with Gasteiger partial charge in [0.2, 0.25) is 0 Å². The summed E-state index contributed by atoms with van der Waals surface area (Å²) in [6.07, 6.45) is 3.24. The predicted octanol–water partition coefficient (Wildman–Crippen LogP) is 1.06. The maximum atomic E-state index is 11.6. The maximum Gasteiger partial charge on any atom is 0.0917 e. The highest BCUT2D eigenvalue weighted by Gasteiger charge is 2.48. The van der Waals surface area contributed by atoms with Crippen molar-refractivity contribution >= 4 is 11.0 Å². The molecule has 3 rings (SSSR count). The number of hydrogen-bond donors (Lipinski definition) is 2. The summed E-state index contributed by atoms with van der Waals surface area (Å²) < 4.78 is 13.8. The predicted molar refractivity (Wildman–Crippen MR) is 80.7 cm³/mol. The zero-order valence-corrected chi connectivity index (χ0v) is 13.1. The lowest BCUT2D eigenvalue weighted by Crippen LogP contribution is -2.41. The molecule has 0 aliphatic carbocycles. The fourth-order valence-corrected chi connectivity index (χ4v) is 4.31. The van der Waals surface area contributed by atoms with Crippen LogP contribution in [0.1, 0.15) is 43.5 Å². The van der Waals surface area contributed by atoms with Crippen molar-refractivity contribution in [2.75, 3.05) is 13.1 Å². The van der Waals surface area contributed by atoms with Gasteiger partial charge in [-0.1, -0.05) is 0 Å². The van der Waals surface area contributed by atoms with Crippen molar-refractivity contribution < 1.29 is 4.21 Å². The van der Waals surface area contributed by atoms with Gasteiger partial charge < -0.3 is 5.32 Å². The molecule has 0 saturated carbocycles. The minimum atomic E-state index is -1.24. The van der Waals surface area contributed by atoms with E-state index in [1.165, 1.54) is 18.5 Å². The van der Waals surface area contributed by atoms with Crippen LogP contribution in [0.4, 0.5) is 0 Å². The molecule has 3 heterocycles. The molecule has 2 unspecified atom stereocenters. The first kappa shape index (κ1) is 14.2. The van der Waals surface area contributed by atoms with Crippen LogP contribution in [0.2, 0.25) is 0 Å². The normalized spacial score (nSPS) is 27.4. The lowest BCUT2D eigenvalue weighted by atomic mass is 9.68. The van der Waals surface area contributed by atoms with Crippen molar-refractivity contribution in [3.8, 4) is 0 Å². The molecule has 0 radical (unpaired) electrons. The summed E-state index contributed by atoms with van der Waals surface area (Å²) in [7, 11) is -1.24. The van der Waals surface area contributed by atoms with Gasteiger partial charge in [0.25, 0.3) is 0 Å². The topological polar surface area (TPSA) is 72.9 Å². The summed E-state index contributed by atoms with van der Waals surface area (Å²) in [5.74, 6) is 0.438. The molecule has 0 bridgehead atoms. The molecule has 3 N–H and O–H groups in total. The third kappa shape index (κ3) is 2.34. The first-order valence-electron chi connectivity index (χ1n) is 7.42. The number of nitrogens with one attached hydrogen (secondary N) is 1.